The molecule has 0 aromatic heterocycles. The van der Waals surface area contributed by atoms with Crippen LogP contribution in [0.2, 0.25) is 0 Å². The predicted octanol–water partition coefficient (Wildman–Crippen LogP) is 3.05. The van der Waals surface area contributed by atoms with E-state index < -0.39 is 0 Å². The Kier molecular flexibility index (Phi) is 4.87. The molecule has 0 radical (unpaired) electrons. The fraction of sp³-hybridized carbons (Fsp3) is 1.00. The average Bonchev–Trinajstić information content (AvgIpc) is 2.33. The van der Waals surface area contributed by atoms with Gasteiger partial charge in [-0.2, -0.15) is 0 Å². The molecule has 0 heterocycles. The lowest BCUT2D eigenvalue weighted by atomic mass is 9.76. The van der Waals surface area contributed by atoms with E-state index >= 15 is 0 Å². The highest BCUT2D eigenvalue weighted by molar-refractivity contribution is 4.80. The van der Waals surface area contributed by atoms with E-state index in [-0.39, 0.29) is 6.10 Å². The van der Waals surface area contributed by atoms with Gasteiger partial charge in [-0.25, -0.2) is 0 Å². The van der Waals surface area contributed by atoms with E-state index in [1.807, 2.05) is 0 Å². The van der Waals surface area contributed by atoms with Gasteiger partial charge in [-0.15, -0.1) is 0 Å². The van der Waals surface area contributed by atoms with E-state index in [0.717, 1.165) is 30.7 Å². The van der Waals surface area contributed by atoms with E-state index in [9.17, 15) is 5.11 Å². The Balaban J connectivity index is 1.67. The van der Waals surface area contributed by atoms with Crippen molar-refractivity contribution in [3.05, 3.63) is 0 Å². The van der Waals surface area contributed by atoms with Crippen molar-refractivity contribution in [1.82, 2.24) is 4.90 Å². The van der Waals surface area contributed by atoms with Gasteiger partial charge in [0.05, 0.1) is 6.10 Å². The van der Waals surface area contributed by atoms with Gasteiger partial charge < -0.3 is 10.0 Å². The van der Waals surface area contributed by atoms with Gasteiger partial charge in [0.2, 0.25) is 0 Å². The summed E-state index contributed by atoms with van der Waals surface area (Å²) in [6.45, 7) is 0. The SMILES string of the molecule is CN(C)C1CCC(CC2CCC(O)CC2)CC1. The monoisotopic (exact) mass is 239 g/mol. The first kappa shape index (κ1) is 13.4. The highest BCUT2D eigenvalue weighted by Crippen LogP contribution is 2.35. The third-order valence-corrected chi connectivity index (χ3v) is 5.03. The van der Waals surface area contributed by atoms with Gasteiger partial charge in [0.25, 0.3) is 0 Å². The average molecular weight is 239 g/mol. The van der Waals surface area contributed by atoms with Crippen molar-refractivity contribution >= 4 is 0 Å². The summed E-state index contributed by atoms with van der Waals surface area (Å²) in [5.41, 5.74) is 0. The molecule has 0 aromatic carbocycles. The van der Waals surface area contributed by atoms with Crippen molar-refractivity contribution in [2.75, 3.05) is 14.1 Å². The fourth-order valence-corrected chi connectivity index (χ4v) is 3.75. The molecular weight excluding hydrogens is 210 g/mol. The molecule has 2 saturated carbocycles. The fourth-order valence-electron chi connectivity index (χ4n) is 3.75. The van der Waals surface area contributed by atoms with E-state index in [1.54, 1.807) is 0 Å². The van der Waals surface area contributed by atoms with Crippen molar-refractivity contribution in [2.45, 2.75) is 69.9 Å². The first-order chi connectivity index (χ1) is 8.15. The summed E-state index contributed by atoms with van der Waals surface area (Å²) in [6.07, 6.45) is 11.8. The molecular formula is C15H29NO. The van der Waals surface area contributed by atoms with Crippen LogP contribution in [0, 0.1) is 11.8 Å². The number of hydrogen-bond donors (Lipinski definition) is 1. The van der Waals surface area contributed by atoms with Crippen LogP contribution < -0.4 is 0 Å². The van der Waals surface area contributed by atoms with Crippen molar-refractivity contribution in [3.63, 3.8) is 0 Å². The molecule has 0 spiro atoms. The number of nitrogens with zero attached hydrogens (tertiary/aromatic N) is 1. The Morgan fingerprint density at radius 1 is 0.824 bits per heavy atom. The number of rotatable bonds is 3. The Labute approximate surface area is 106 Å². The zero-order chi connectivity index (χ0) is 12.3. The summed E-state index contributed by atoms with van der Waals surface area (Å²) in [4.78, 5) is 2.40. The van der Waals surface area contributed by atoms with Gasteiger partial charge >= 0.3 is 0 Å². The molecule has 2 nitrogen and oxygen atoms in total. The lowest BCUT2D eigenvalue weighted by molar-refractivity contribution is 0.0947. The molecule has 1 N–H and O–H groups in total. The number of hydrogen-bond acceptors (Lipinski definition) is 2. The summed E-state index contributed by atoms with van der Waals surface area (Å²) in [5.74, 6) is 1.89. The van der Waals surface area contributed by atoms with E-state index in [0.29, 0.717) is 0 Å². The van der Waals surface area contributed by atoms with Gasteiger partial charge in [0.1, 0.15) is 0 Å². The van der Waals surface area contributed by atoms with Gasteiger partial charge in [-0.3, -0.25) is 0 Å². The maximum absolute atomic E-state index is 9.52. The lowest BCUT2D eigenvalue weighted by Gasteiger charge is -2.35. The Morgan fingerprint density at radius 3 is 1.76 bits per heavy atom. The van der Waals surface area contributed by atoms with Crippen LogP contribution in [0.5, 0.6) is 0 Å². The summed E-state index contributed by atoms with van der Waals surface area (Å²) >= 11 is 0. The minimum Gasteiger partial charge on any atom is -0.393 e. The normalized spacial score (nSPS) is 39.5. The summed E-state index contributed by atoms with van der Waals surface area (Å²) in [5, 5.41) is 9.52. The topological polar surface area (TPSA) is 23.5 Å². The van der Waals surface area contributed by atoms with Crippen LogP contribution in [0.15, 0.2) is 0 Å². The molecule has 100 valence electrons. The minimum atomic E-state index is 0.00993. The van der Waals surface area contributed by atoms with Gasteiger partial charge in [-0.05, 0) is 83.7 Å². The van der Waals surface area contributed by atoms with E-state index in [1.165, 1.54) is 44.9 Å². The molecule has 17 heavy (non-hydrogen) atoms. The molecule has 0 atom stereocenters. The molecule has 2 heteroatoms. The first-order valence-electron chi connectivity index (χ1n) is 7.49. The molecule has 0 aliphatic heterocycles. The van der Waals surface area contributed by atoms with E-state index in [4.69, 9.17) is 0 Å². The molecule has 0 bridgehead atoms. The molecule has 2 aliphatic rings. The van der Waals surface area contributed by atoms with Crippen LogP contribution in [-0.4, -0.2) is 36.2 Å². The van der Waals surface area contributed by atoms with Crippen LogP contribution in [0.1, 0.15) is 57.8 Å². The minimum absolute atomic E-state index is 0.00993. The quantitative estimate of drug-likeness (QED) is 0.818. The Bertz CT molecular complexity index is 213. The van der Waals surface area contributed by atoms with Crippen molar-refractivity contribution in [3.8, 4) is 0 Å². The number of aliphatic hydroxyl groups excluding tert-OH is 1. The van der Waals surface area contributed by atoms with Crippen LogP contribution in [-0.2, 0) is 0 Å². The zero-order valence-corrected chi connectivity index (χ0v) is 11.6. The van der Waals surface area contributed by atoms with Gasteiger partial charge in [-0.1, -0.05) is 0 Å². The highest BCUT2D eigenvalue weighted by atomic mass is 16.3. The number of aliphatic hydroxyl groups is 1. The maximum atomic E-state index is 9.52. The van der Waals surface area contributed by atoms with Crippen molar-refractivity contribution in [1.29, 1.82) is 0 Å². The van der Waals surface area contributed by atoms with Crippen molar-refractivity contribution in [2.24, 2.45) is 11.8 Å². The second-order valence-electron chi connectivity index (χ2n) is 6.55. The van der Waals surface area contributed by atoms with Crippen molar-refractivity contribution < 1.29 is 5.11 Å². The molecule has 0 saturated heterocycles. The van der Waals surface area contributed by atoms with E-state index in [2.05, 4.69) is 19.0 Å². The lowest BCUT2D eigenvalue weighted by Crippen LogP contribution is -2.32. The Morgan fingerprint density at radius 2 is 1.29 bits per heavy atom. The molecule has 0 unspecified atom stereocenters. The predicted molar refractivity (Wildman–Crippen MR) is 72.0 cm³/mol. The third kappa shape index (κ3) is 3.96. The zero-order valence-electron chi connectivity index (χ0n) is 11.6. The highest BCUT2D eigenvalue weighted by Gasteiger charge is 2.26. The summed E-state index contributed by atoms with van der Waals surface area (Å²) in [7, 11) is 4.43. The van der Waals surface area contributed by atoms with Gasteiger partial charge in [0, 0.05) is 6.04 Å². The molecule has 0 amide bonds. The van der Waals surface area contributed by atoms with Crippen LogP contribution >= 0.6 is 0 Å². The smallest absolute Gasteiger partial charge is 0.0540 e. The molecule has 2 aliphatic carbocycles. The third-order valence-electron chi connectivity index (χ3n) is 5.03. The van der Waals surface area contributed by atoms with Gasteiger partial charge in [0.15, 0.2) is 0 Å². The second-order valence-corrected chi connectivity index (χ2v) is 6.55. The molecule has 2 rings (SSSR count). The van der Waals surface area contributed by atoms with Crippen LogP contribution in [0.3, 0.4) is 0 Å². The Hall–Kier alpha value is -0.0800. The molecule has 0 aromatic rings. The largest absolute Gasteiger partial charge is 0.393 e. The standard InChI is InChI=1S/C15H29NO/c1-16(2)14-7-3-12(4-8-14)11-13-5-9-15(17)10-6-13/h12-15,17H,3-11H2,1-2H3. The van der Waals surface area contributed by atoms with Crippen LogP contribution in [0.4, 0.5) is 0 Å². The first-order valence-corrected chi connectivity index (χ1v) is 7.49. The second kappa shape index (κ2) is 6.19. The molecule has 2 fully saturated rings. The maximum Gasteiger partial charge on any atom is 0.0540 e. The summed E-state index contributed by atoms with van der Waals surface area (Å²) in [6, 6.07) is 0.833. The summed E-state index contributed by atoms with van der Waals surface area (Å²) < 4.78 is 0. The van der Waals surface area contributed by atoms with Crippen LogP contribution in [0.25, 0.3) is 0 Å².